The molecule has 3 nitrogen and oxygen atoms in total. The molecule has 0 spiro atoms. The Morgan fingerprint density at radius 2 is 1.94 bits per heavy atom. The average Bonchev–Trinajstić information content (AvgIpc) is 2.26. The lowest BCUT2D eigenvalue weighted by Gasteiger charge is -2.09. The number of hydrogen-bond acceptors (Lipinski definition) is 3. The summed E-state index contributed by atoms with van der Waals surface area (Å²) in [6.07, 6.45) is 3.50. The molecule has 1 aromatic heterocycles. The van der Waals surface area contributed by atoms with E-state index in [4.69, 9.17) is 11.6 Å². The number of halogens is 2. The van der Waals surface area contributed by atoms with Gasteiger partial charge in [-0.2, -0.15) is 0 Å². The first-order valence-corrected chi connectivity index (χ1v) is 6.12. The molecule has 0 aliphatic heterocycles. The Morgan fingerprint density at radius 3 is 2.56 bits per heavy atom. The first-order valence-electron chi connectivity index (χ1n) is 4.66. The smallest absolute Gasteiger partial charge is 0.227 e. The lowest BCUT2D eigenvalue weighted by molar-refractivity contribution is 1.15. The van der Waals surface area contributed by atoms with Gasteiger partial charge in [-0.1, -0.05) is 23.7 Å². The summed E-state index contributed by atoms with van der Waals surface area (Å²) in [4.78, 5) is 8.33. The first kappa shape index (κ1) is 11.6. The van der Waals surface area contributed by atoms with Crippen molar-refractivity contribution in [3.05, 3.63) is 44.7 Å². The van der Waals surface area contributed by atoms with E-state index >= 15 is 0 Å². The van der Waals surface area contributed by atoms with Crippen molar-refractivity contribution in [3.63, 3.8) is 0 Å². The molecule has 0 saturated heterocycles. The van der Waals surface area contributed by atoms with E-state index in [1.54, 1.807) is 12.4 Å². The lowest BCUT2D eigenvalue weighted by Crippen LogP contribution is -1.99. The van der Waals surface area contributed by atoms with E-state index in [1.165, 1.54) is 0 Å². The van der Waals surface area contributed by atoms with Crippen LogP contribution in [0.2, 0.25) is 5.02 Å². The van der Waals surface area contributed by atoms with Crippen molar-refractivity contribution >= 4 is 45.8 Å². The number of hydrogen-bond donors (Lipinski definition) is 1. The van der Waals surface area contributed by atoms with Crippen LogP contribution in [0, 0.1) is 10.5 Å². The molecule has 0 amide bonds. The van der Waals surface area contributed by atoms with Gasteiger partial charge in [-0.05, 0) is 41.1 Å². The highest BCUT2D eigenvalue weighted by atomic mass is 127. The number of para-hydroxylation sites is 1. The van der Waals surface area contributed by atoms with Crippen molar-refractivity contribution in [2.45, 2.75) is 6.92 Å². The molecular weight excluding hydrogens is 336 g/mol. The van der Waals surface area contributed by atoms with Crippen LogP contribution in [-0.2, 0) is 0 Å². The Bertz CT molecular complexity index is 479. The van der Waals surface area contributed by atoms with Gasteiger partial charge < -0.3 is 5.32 Å². The molecular formula is C11H9ClIN3. The second kappa shape index (κ2) is 4.97. The summed E-state index contributed by atoms with van der Waals surface area (Å²) in [5.41, 5.74) is 1.92. The van der Waals surface area contributed by atoms with Crippen LogP contribution in [-0.4, -0.2) is 9.97 Å². The summed E-state index contributed by atoms with van der Waals surface area (Å²) >= 11 is 8.25. The lowest BCUT2D eigenvalue weighted by atomic mass is 10.2. The van der Waals surface area contributed by atoms with E-state index < -0.39 is 0 Å². The summed E-state index contributed by atoms with van der Waals surface area (Å²) in [5, 5.41) is 3.78. The zero-order valence-electron chi connectivity index (χ0n) is 8.54. The van der Waals surface area contributed by atoms with Gasteiger partial charge >= 0.3 is 0 Å². The Kier molecular flexibility index (Phi) is 3.60. The van der Waals surface area contributed by atoms with Gasteiger partial charge in [0.15, 0.2) is 0 Å². The average molecular weight is 346 g/mol. The Balaban J connectivity index is 2.30. The molecule has 16 heavy (non-hydrogen) atoms. The number of aryl methyl sites for hydroxylation is 1. The SMILES string of the molecule is Cc1cccc(Cl)c1Nc1ncc(I)cn1. The topological polar surface area (TPSA) is 37.8 Å². The van der Waals surface area contributed by atoms with Crippen LogP contribution >= 0.6 is 34.2 Å². The Labute approximate surface area is 112 Å². The molecule has 82 valence electrons. The summed E-state index contributed by atoms with van der Waals surface area (Å²) in [7, 11) is 0. The second-order valence-corrected chi connectivity index (χ2v) is 4.93. The van der Waals surface area contributed by atoms with Gasteiger partial charge in [0, 0.05) is 16.0 Å². The number of aromatic nitrogens is 2. The minimum atomic E-state index is 0.552. The van der Waals surface area contributed by atoms with Gasteiger partial charge in [0.2, 0.25) is 5.95 Å². The minimum Gasteiger partial charge on any atom is -0.323 e. The maximum atomic E-state index is 6.09. The zero-order chi connectivity index (χ0) is 11.5. The molecule has 0 unspecified atom stereocenters. The monoisotopic (exact) mass is 345 g/mol. The van der Waals surface area contributed by atoms with E-state index in [9.17, 15) is 0 Å². The molecule has 1 heterocycles. The normalized spacial score (nSPS) is 10.2. The van der Waals surface area contributed by atoms with Crippen molar-refractivity contribution < 1.29 is 0 Å². The maximum absolute atomic E-state index is 6.09. The Hall–Kier alpha value is -0.880. The third-order valence-electron chi connectivity index (χ3n) is 2.08. The number of nitrogens with one attached hydrogen (secondary N) is 1. The highest BCUT2D eigenvalue weighted by Crippen LogP contribution is 2.27. The van der Waals surface area contributed by atoms with Crippen LogP contribution in [0.4, 0.5) is 11.6 Å². The fourth-order valence-electron chi connectivity index (χ4n) is 1.28. The van der Waals surface area contributed by atoms with E-state index in [0.717, 1.165) is 14.8 Å². The van der Waals surface area contributed by atoms with Crippen molar-refractivity contribution in [3.8, 4) is 0 Å². The maximum Gasteiger partial charge on any atom is 0.227 e. The second-order valence-electron chi connectivity index (χ2n) is 3.28. The van der Waals surface area contributed by atoms with Gasteiger partial charge in [0.25, 0.3) is 0 Å². The molecule has 0 fully saturated rings. The van der Waals surface area contributed by atoms with E-state index in [2.05, 4.69) is 37.9 Å². The largest absolute Gasteiger partial charge is 0.323 e. The molecule has 0 bridgehead atoms. The van der Waals surface area contributed by atoms with Crippen LogP contribution in [0.3, 0.4) is 0 Å². The zero-order valence-corrected chi connectivity index (χ0v) is 11.5. The van der Waals surface area contributed by atoms with E-state index in [-0.39, 0.29) is 0 Å². The highest BCUT2D eigenvalue weighted by Gasteiger charge is 2.05. The van der Waals surface area contributed by atoms with Crippen molar-refractivity contribution in [2.24, 2.45) is 0 Å². The fraction of sp³-hybridized carbons (Fsp3) is 0.0909. The van der Waals surface area contributed by atoms with Crippen LogP contribution in [0.1, 0.15) is 5.56 Å². The van der Waals surface area contributed by atoms with Crippen LogP contribution in [0.25, 0.3) is 0 Å². The highest BCUT2D eigenvalue weighted by molar-refractivity contribution is 14.1. The standard InChI is InChI=1S/C11H9ClIN3/c1-7-3-2-4-9(12)10(7)16-11-14-5-8(13)6-15-11/h2-6H,1H3,(H,14,15,16). The van der Waals surface area contributed by atoms with Crippen LogP contribution < -0.4 is 5.32 Å². The van der Waals surface area contributed by atoms with Gasteiger partial charge in [0.1, 0.15) is 0 Å². The van der Waals surface area contributed by atoms with E-state index in [0.29, 0.717) is 11.0 Å². The van der Waals surface area contributed by atoms with Crippen LogP contribution in [0.5, 0.6) is 0 Å². The van der Waals surface area contributed by atoms with Crippen molar-refractivity contribution in [2.75, 3.05) is 5.32 Å². The predicted molar refractivity (Wildman–Crippen MR) is 74.2 cm³/mol. The summed E-state index contributed by atoms with van der Waals surface area (Å²) in [6, 6.07) is 5.74. The van der Waals surface area contributed by atoms with Crippen molar-refractivity contribution in [1.29, 1.82) is 0 Å². The molecule has 2 rings (SSSR count). The van der Waals surface area contributed by atoms with Gasteiger partial charge in [-0.3, -0.25) is 0 Å². The van der Waals surface area contributed by atoms with E-state index in [1.807, 2.05) is 25.1 Å². The molecule has 0 aliphatic carbocycles. The summed E-state index contributed by atoms with van der Waals surface area (Å²) in [6.45, 7) is 1.99. The van der Waals surface area contributed by atoms with Crippen LogP contribution in [0.15, 0.2) is 30.6 Å². The van der Waals surface area contributed by atoms with Gasteiger partial charge in [0.05, 0.1) is 10.7 Å². The number of benzene rings is 1. The molecule has 5 heteroatoms. The molecule has 1 N–H and O–H groups in total. The third-order valence-corrected chi connectivity index (χ3v) is 2.95. The molecule has 0 aliphatic rings. The molecule has 0 radical (unpaired) electrons. The molecule has 0 saturated carbocycles. The predicted octanol–water partition coefficient (Wildman–Crippen LogP) is 3.79. The quantitative estimate of drug-likeness (QED) is 0.842. The molecule has 0 atom stereocenters. The Morgan fingerprint density at radius 1 is 1.25 bits per heavy atom. The number of rotatable bonds is 2. The number of nitrogens with zero attached hydrogens (tertiary/aromatic N) is 2. The van der Waals surface area contributed by atoms with Gasteiger partial charge in [-0.25, -0.2) is 9.97 Å². The van der Waals surface area contributed by atoms with Crippen molar-refractivity contribution in [1.82, 2.24) is 9.97 Å². The number of anilines is 2. The summed E-state index contributed by atoms with van der Waals surface area (Å²) in [5.74, 6) is 0.552. The first-order chi connectivity index (χ1) is 7.66. The third kappa shape index (κ3) is 2.62. The molecule has 2 aromatic rings. The van der Waals surface area contributed by atoms with Gasteiger partial charge in [-0.15, -0.1) is 0 Å². The summed E-state index contributed by atoms with van der Waals surface area (Å²) < 4.78 is 0.999. The molecule has 1 aromatic carbocycles. The fourth-order valence-corrected chi connectivity index (χ4v) is 1.83. The minimum absolute atomic E-state index is 0.552.